The minimum absolute atomic E-state index is 0.145. The van der Waals surface area contributed by atoms with Crippen molar-refractivity contribution in [1.82, 2.24) is 5.32 Å². The van der Waals surface area contributed by atoms with Crippen LogP contribution in [0.5, 0.6) is 5.75 Å². The first-order valence-corrected chi connectivity index (χ1v) is 9.31. The van der Waals surface area contributed by atoms with Crippen molar-refractivity contribution in [3.63, 3.8) is 0 Å². The van der Waals surface area contributed by atoms with E-state index in [0.29, 0.717) is 31.0 Å². The van der Waals surface area contributed by atoms with Gasteiger partial charge in [0.15, 0.2) is 0 Å². The number of carbonyl (C=O) groups is 2. The monoisotopic (exact) mass is 367 g/mol. The molecule has 2 N–H and O–H groups in total. The van der Waals surface area contributed by atoms with Gasteiger partial charge in [-0.3, -0.25) is 4.79 Å². The normalized spacial score (nSPS) is 12.4. The van der Waals surface area contributed by atoms with Gasteiger partial charge in [-0.2, -0.15) is 0 Å². The average Bonchev–Trinajstić information content (AvgIpc) is 3.11. The van der Waals surface area contributed by atoms with Crippen LogP contribution in [-0.2, 0) is 17.8 Å². The number of nitrogens with zero attached hydrogens (tertiary/aromatic N) is 1. The molecule has 0 saturated heterocycles. The van der Waals surface area contributed by atoms with Crippen molar-refractivity contribution in [2.24, 2.45) is 0 Å². The fraction of sp³-hybridized carbons (Fsp3) is 0.333. The van der Waals surface area contributed by atoms with E-state index in [4.69, 9.17) is 4.74 Å². The second-order valence-corrected chi connectivity index (χ2v) is 6.35. The molecule has 0 bridgehead atoms. The summed E-state index contributed by atoms with van der Waals surface area (Å²) in [6.07, 6.45) is 1.36. The van der Waals surface area contributed by atoms with Gasteiger partial charge < -0.3 is 20.3 Å². The number of ether oxygens (including phenoxy) is 1. The van der Waals surface area contributed by atoms with Crippen molar-refractivity contribution in [3.05, 3.63) is 53.6 Å². The van der Waals surface area contributed by atoms with Gasteiger partial charge in [0, 0.05) is 25.2 Å². The van der Waals surface area contributed by atoms with Crippen molar-refractivity contribution in [1.29, 1.82) is 0 Å². The summed E-state index contributed by atoms with van der Waals surface area (Å²) in [4.78, 5) is 26.0. The maximum atomic E-state index is 12.2. The molecule has 1 aliphatic rings. The maximum absolute atomic E-state index is 12.2. The highest BCUT2D eigenvalue weighted by Crippen LogP contribution is 2.29. The molecule has 1 aliphatic heterocycles. The third-order valence-corrected chi connectivity index (χ3v) is 4.53. The summed E-state index contributed by atoms with van der Waals surface area (Å²) in [5.41, 5.74) is 3.78. The van der Waals surface area contributed by atoms with Crippen LogP contribution in [0.3, 0.4) is 0 Å². The molecule has 0 fully saturated rings. The number of hydrogen-bond acceptors (Lipinski definition) is 3. The van der Waals surface area contributed by atoms with Gasteiger partial charge in [0.2, 0.25) is 5.91 Å². The molecule has 3 amide bonds. The molecule has 0 saturated carbocycles. The second-order valence-electron chi connectivity index (χ2n) is 6.35. The number of amides is 3. The van der Waals surface area contributed by atoms with E-state index in [0.717, 1.165) is 29.8 Å². The molecule has 142 valence electrons. The van der Waals surface area contributed by atoms with E-state index >= 15 is 0 Å². The third kappa shape index (κ3) is 4.39. The number of fused-ring (bicyclic) bond motifs is 1. The SMILES string of the molecule is CCOc1ccccc1NC(=O)NCc1ccc2c(c1)CCN2C(=O)CC. The summed E-state index contributed by atoms with van der Waals surface area (Å²) < 4.78 is 5.51. The second kappa shape index (κ2) is 8.58. The van der Waals surface area contributed by atoms with Crippen molar-refractivity contribution in [2.45, 2.75) is 33.2 Å². The zero-order valence-electron chi connectivity index (χ0n) is 15.7. The van der Waals surface area contributed by atoms with E-state index in [1.807, 2.05) is 49.1 Å². The zero-order chi connectivity index (χ0) is 19.2. The fourth-order valence-corrected chi connectivity index (χ4v) is 3.22. The summed E-state index contributed by atoms with van der Waals surface area (Å²) in [6, 6.07) is 13.0. The molecule has 3 rings (SSSR count). The van der Waals surface area contributed by atoms with Gasteiger partial charge in [-0.15, -0.1) is 0 Å². The number of urea groups is 1. The molecule has 1 heterocycles. The molecular weight excluding hydrogens is 342 g/mol. The highest BCUT2D eigenvalue weighted by Gasteiger charge is 2.23. The van der Waals surface area contributed by atoms with Gasteiger partial charge in [0.05, 0.1) is 12.3 Å². The first-order chi connectivity index (χ1) is 13.1. The highest BCUT2D eigenvalue weighted by molar-refractivity contribution is 5.95. The molecule has 6 heteroatoms. The molecule has 0 aliphatic carbocycles. The van der Waals surface area contributed by atoms with Crippen molar-refractivity contribution in [3.8, 4) is 5.75 Å². The standard InChI is InChI=1S/C21H25N3O3/c1-3-20(25)24-12-11-16-13-15(9-10-18(16)24)14-22-21(26)23-17-7-5-6-8-19(17)27-4-2/h5-10,13H,3-4,11-12,14H2,1-2H3,(H2,22,23,26). The first-order valence-electron chi connectivity index (χ1n) is 9.31. The van der Waals surface area contributed by atoms with Crippen LogP contribution in [0.15, 0.2) is 42.5 Å². The number of anilines is 2. The number of benzene rings is 2. The molecule has 27 heavy (non-hydrogen) atoms. The molecule has 0 atom stereocenters. The fourth-order valence-electron chi connectivity index (χ4n) is 3.22. The van der Waals surface area contributed by atoms with Crippen LogP contribution >= 0.6 is 0 Å². The van der Waals surface area contributed by atoms with Gasteiger partial charge >= 0.3 is 6.03 Å². The lowest BCUT2D eigenvalue weighted by Crippen LogP contribution is -2.28. The van der Waals surface area contributed by atoms with Crippen LogP contribution in [0.1, 0.15) is 31.4 Å². The molecular formula is C21H25N3O3. The molecule has 2 aromatic rings. The molecule has 0 radical (unpaired) electrons. The number of hydrogen-bond donors (Lipinski definition) is 2. The molecule has 0 spiro atoms. The summed E-state index contributed by atoms with van der Waals surface area (Å²) in [7, 11) is 0. The van der Waals surface area contributed by atoms with Gasteiger partial charge in [-0.05, 0) is 42.7 Å². The van der Waals surface area contributed by atoms with E-state index in [2.05, 4.69) is 16.7 Å². The van der Waals surface area contributed by atoms with Crippen LogP contribution in [0.4, 0.5) is 16.2 Å². The van der Waals surface area contributed by atoms with E-state index in [1.165, 1.54) is 0 Å². The Morgan fingerprint density at radius 3 is 2.74 bits per heavy atom. The summed E-state index contributed by atoms with van der Waals surface area (Å²) in [5, 5.41) is 5.69. The summed E-state index contributed by atoms with van der Waals surface area (Å²) >= 11 is 0. The molecule has 0 unspecified atom stereocenters. The van der Waals surface area contributed by atoms with Gasteiger partial charge in [0.25, 0.3) is 0 Å². The molecule has 6 nitrogen and oxygen atoms in total. The van der Waals surface area contributed by atoms with Gasteiger partial charge in [0.1, 0.15) is 5.75 Å². The van der Waals surface area contributed by atoms with Crippen molar-refractivity contribution in [2.75, 3.05) is 23.4 Å². The number of rotatable bonds is 6. The number of nitrogens with one attached hydrogen (secondary N) is 2. The smallest absolute Gasteiger partial charge is 0.319 e. The molecule has 2 aromatic carbocycles. The Kier molecular flexibility index (Phi) is 5.96. The Morgan fingerprint density at radius 1 is 1.15 bits per heavy atom. The van der Waals surface area contributed by atoms with Gasteiger partial charge in [-0.1, -0.05) is 31.2 Å². The topological polar surface area (TPSA) is 70.7 Å². The summed E-state index contributed by atoms with van der Waals surface area (Å²) in [5.74, 6) is 0.792. The Morgan fingerprint density at radius 2 is 1.96 bits per heavy atom. The van der Waals surface area contributed by atoms with E-state index in [-0.39, 0.29) is 11.9 Å². The Bertz CT molecular complexity index is 835. The minimum Gasteiger partial charge on any atom is -0.492 e. The predicted octanol–water partition coefficient (Wildman–Crippen LogP) is 3.71. The van der Waals surface area contributed by atoms with Crippen molar-refractivity contribution >= 4 is 23.3 Å². The molecule has 0 aromatic heterocycles. The van der Waals surface area contributed by atoms with Crippen molar-refractivity contribution < 1.29 is 14.3 Å². The zero-order valence-corrected chi connectivity index (χ0v) is 15.7. The largest absolute Gasteiger partial charge is 0.492 e. The van der Waals surface area contributed by atoms with Crippen LogP contribution in [0.25, 0.3) is 0 Å². The van der Waals surface area contributed by atoms with E-state index < -0.39 is 0 Å². The van der Waals surface area contributed by atoms with E-state index in [1.54, 1.807) is 6.07 Å². The van der Waals surface area contributed by atoms with Crippen LogP contribution in [0.2, 0.25) is 0 Å². The van der Waals surface area contributed by atoms with Crippen LogP contribution in [-0.4, -0.2) is 25.1 Å². The Labute approximate surface area is 159 Å². The summed E-state index contributed by atoms with van der Waals surface area (Å²) in [6.45, 7) is 5.46. The predicted molar refractivity (Wildman–Crippen MR) is 106 cm³/mol. The quantitative estimate of drug-likeness (QED) is 0.818. The first kappa shape index (κ1) is 18.8. The van der Waals surface area contributed by atoms with E-state index in [9.17, 15) is 9.59 Å². The lowest BCUT2D eigenvalue weighted by atomic mass is 10.1. The van der Waals surface area contributed by atoms with Gasteiger partial charge in [-0.25, -0.2) is 4.79 Å². The average molecular weight is 367 g/mol. The Balaban J connectivity index is 1.59. The maximum Gasteiger partial charge on any atom is 0.319 e. The third-order valence-electron chi connectivity index (χ3n) is 4.53. The highest BCUT2D eigenvalue weighted by atomic mass is 16.5. The van der Waals surface area contributed by atoms with Crippen LogP contribution in [0, 0.1) is 0 Å². The van der Waals surface area contributed by atoms with Crippen LogP contribution < -0.4 is 20.3 Å². The minimum atomic E-state index is -0.287. The lowest BCUT2D eigenvalue weighted by molar-refractivity contribution is -0.118. The number of para-hydroxylation sites is 2. The number of carbonyl (C=O) groups excluding carboxylic acids is 2. The Hall–Kier alpha value is -3.02. The lowest BCUT2D eigenvalue weighted by Gasteiger charge is -2.16.